The second-order valence-corrected chi connectivity index (χ2v) is 15.9. The molecule has 0 unspecified atom stereocenters. The van der Waals surface area contributed by atoms with E-state index in [4.69, 9.17) is 14.6 Å². The van der Waals surface area contributed by atoms with Gasteiger partial charge in [-0.3, -0.25) is 14.3 Å². The molecule has 44 heavy (non-hydrogen) atoms. The van der Waals surface area contributed by atoms with Gasteiger partial charge in [0.25, 0.3) is 5.91 Å². The Hall–Kier alpha value is -3.05. The van der Waals surface area contributed by atoms with E-state index in [0.29, 0.717) is 64.1 Å². The Labute approximate surface area is 260 Å². The molecule has 1 spiro atoms. The fourth-order valence-electron chi connectivity index (χ4n) is 6.93. The average Bonchev–Trinajstić information content (AvgIpc) is 3.27. The largest absolute Gasteiger partial charge is 0.462 e. The fraction of sp³-hybridized carbons (Fsp3) is 0.636. The minimum absolute atomic E-state index is 0.0652. The molecule has 2 aliphatic heterocycles. The van der Waals surface area contributed by atoms with Gasteiger partial charge in [0.05, 0.1) is 28.0 Å². The maximum atomic E-state index is 13.4. The Kier molecular flexibility index (Phi) is 9.37. The van der Waals surface area contributed by atoms with Crippen molar-refractivity contribution >= 4 is 27.5 Å². The van der Waals surface area contributed by atoms with Gasteiger partial charge in [-0.25, -0.2) is 13.2 Å². The number of fused-ring (bicyclic) bond motifs is 1. The van der Waals surface area contributed by atoms with E-state index in [1.54, 1.807) is 23.7 Å². The van der Waals surface area contributed by atoms with E-state index in [0.717, 1.165) is 30.5 Å². The SMILES string of the molecule is CCn1nc(CC(C)(C)COC(=O)c2cccc(S(=O)(=O)C3CCC(C(C)=O)CC3)c2)c2c1C(=O)NCC1(CCOCC1)C2. The summed E-state index contributed by atoms with van der Waals surface area (Å²) in [5.74, 6) is -0.655. The summed E-state index contributed by atoms with van der Waals surface area (Å²) in [5.41, 5.74) is 2.05. The van der Waals surface area contributed by atoms with Crippen LogP contribution in [0.2, 0.25) is 0 Å². The topological polar surface area (TPSA) is 134 Å². The number of benzene rings is 1. The molecule has 1 saturated carbocycles. The summed E-state index contributed by atoms with van der Waals surface area (Å²) in [6, 6.07) is 6.05. The molecule has 2 fully saturated rings. The quantitative estimate of drug-likeness (QED) is 0.406. The molecule has 1 N–H and O–H groups in total. The maximum Gasteiger partial charge on any atom is 0.338 e. The van der Waals surface area contributed by atoms with Gasteiger partial charge in [0, 0.05) is 49.6 Å². The van der Waals surface area contributed by atoms with Crippen LogP contribution in [0.25, 0.3) is 0 Å². The standard InChI is InChI=1S/C33H45N3O7S/c1-5-36-29-27(18-33(20-34-30(29)38)13-15-42-16-14-33)28(35-36)19-32(3,4)21-43-31(39)24-7-6-8-26(17-24)44(40,41)25-11-9-23(10-12-25)22(2)37/h6-8,17,23,25H,5,9-16,18-21H2,1-4H3,(H,34,38). The maximum absolute atomic E-state index is 13.4. The first-order valence-electron chi connectivity index (χ1n) is 15.8. The van der Waals surface area contributed by atoms with Crippen LogP contribution in [0.3, 0.4) is 0 Å². The summed E-state index contributed by atoms with van der Waals surface area (Å²) in [5, 5.41) is 7.41. The summed E-state index contributed by atoms with van der Waals surface area (Å²) in [7, 11) is -3.65. The van der Waals surface area contributed by atoms with Crippen LogP contribution in [0, 0.1) is 16.7 Å². The zero-order valence-corrected chi connectivity index (χ0v) is 27.1. The lowest BCUT2D eigenvalue weighted by molar-refractivity contribution is -0.121. The van der Waals surface area contributed by atoms with Crippen molar-refractivity contribution in [1.82, 2.24) is 15.1 Å². The van der Waals surface area contributed by atoms with Crippen molar-refractivity contribution in [3.8, 4) is 0 Å². The number of nitrogens with one attached hydrogen (secondary N) is 1. The zero-order valence-electron chi connectivity index (χ0n) is 26.3. The van der Waals surface area contributed by atoms with E-state index in [-0.39, 0.29) is 40.1 Å². The number of hydrogen-bond donors (Lipinski definition) is 1. The first kappa shape index (κ1) is 32.3. The number of amides is 1. The molecule has 10 nitrogen and oxygen atoms in total. The number of ether oxygens (including phenoxy) is 2. The molecule has 2 aromatic rings. The van der Waals surface area contributed by atoms with Crippen molar-refractivity contribution in [3.63, 3.8) is 0 Å². The summed E-state index contributed by atoms with van der Waals surface area (Å²) in [4.78, 5) is 38.2. The molecule has 0 bridgehead atoms. The number of ketones is 1. The molecule has 5 rings (SSSR count). The van der Waals surface area contributed by atoms with Crippen LogP contribution in [0.5, 0.6) is 0 Å². The first-order chi connectivity index (χ1) is 20.8. The number of sulfone groups is 1. The highest BCUT2D eigenvalue weighted by atomic mass is 32.2. The van der Waals surface area contributed by atoms with Crippen LogP contribution in [-0.2, 0) is 43.5 Å². The molecule has 11 heteroatoms. The molecule has 1 aliphatic carbocycles. The van der Waals surface area contributed by atoms with E-state index in [9.17, 15) is 22.8 Å². The van der Waals surface area contributed by atoms with Crippen LogP contribution in [0.4, 0.5) is 0 Å². The third-order valence-electron chi connectivity index (χ3n) is 9.70. The number of carbonyl (C=O) groups is 3. The van der Waals surface area contributed by atoms with Gasteiger partial charge in [0.1, 0.15) is 11.5 Å². The number of Topliss-reactive ketones (excluding diaryl/α,β-unsaturated/α-hetero) is 1. The van der Waals surface area contributed by atoms with Crippen molar-refractivity contribution in [3.05, 3.63) is 46.8 Å². The van der Waals surface area contributed by atoms with E-state index in [1.165, 1.54) is 12.1 Å². The van der Waals surface area contributed by atoms with E-state index in [2.05, 4.69) is 5.32 Å². The molecule has 3 heterocycles. The number of aryl methyl sites for hydroxylation is 1. The third kappa shape index (κ3) is 6.78. The summed E-state index contributed by atoms with van der Waals surface area (Å²) >= 11 is 0. The van der Waals surface area contributed by atoms with Gasteiger partial charge in [0.2, 0.25) is 0 Å². The first-order valence-corrected chi connectivity index (χ1v) is 17.3. The van der Waals surface area contributed by atoms with Crippen LogP contribution in [-0.4, -0.2) is 67.5 Å². The van der Waals surface area contributed by atoms with Crippen molar-refractivity contribution in [2.24, 2.45) is 16.7 Å². The average molecular weight is 628 g/mol. The van der Waals surface area contributed by atoms with Gasteiger partial charge in [-0.2, -0.15) is 5.10 Å². The van der Waals surface area contributed by atoms with E-state index < -0.39 is 26.5 Å². The summed E-state index contributed by atoms with van der Waals surface area (Å²) < 4.78 is 39.9. The molecule has 0 radical (unpaired) electrons. The molecule has 240 valence electrons. The predicted molar refractivity (Wildman–Crippen MR) is 164 cm³/mol. The fourth-order valence-corrected chi connectivity index (χ4v) is 8.76. The molecule has 1 saturated heterocycles. The lowest BCUT2D eigenvalue weighted by Gasteiger charge is -2.36. The second kappa shape index (κ2) is 12.7. The molecule has 1 aromatic carbocycles. The number of aromatic nitrogens is 2. The normalized spacial score (nSPS) is 22.1. The Morgan fingerprint density at radius 1 is 1.16 bits per heavy atom. The number of rotatable bonds is 9. The Morgan fingerprint density at radius 2 is 1.86 bits per heavy atom. The lowest BCUT2D eigenvalue weighted by Crippen LogP contribution is -2.40. The molecular weight excluding hydrogens is 582 g/mol. The zero-order chi connectivity index (χ0) is 31.7. The van der Waals surface area contributed by atoms with Crippen molar-refractivity contribution in [2.45, 2.75) is 95.8 Å². The smallest absolute Gasteiger partial charge is 0.338 e. The predicted octanol–water partition coefficient (Wildman–Crippen LogP) is 4.33. The Bertz CT molecular complexity index is 1510. The van der Waals surface area contributed by atoms with Crippen LogP contribution < -0.4 is 5.32 Å². The number of carbonyl (C=O) groups excluding carboxylic acids is 3. The number of nitrogens with zero attached hydrogens (tertiary/aromatic N) is 2. The number of esters is 1. The molecular formula is C33H45N3O7S. The van der Waals surface area contributed by atoms with Gasteiger partial charge in [0.15, 0.2) is 9.84 Å². The van der Waals surface area contributed by atoms with Crippen molar-refractivity contribution in [1.29, 1.82) is 0 Å². The second-order valence-electron chi connectivity index (χ2n) is 13.6. The van der Waals surface area contributed by atoms with Gasteiger partial charge in [-0.1, -0.05) is 19.9 Å². The van der Waals surface area contributed by atoms with E-state index >= 15 is 0 Å². The van der Waals surface area contributed by atoms with Gasteiger partial charge >= 0.3 is 5.97 Å². The summed E-state index contributed by atoms with van der Waals surface area (Å²) in [6.45, 7) is 10.1. The van der Waals surface area contributed by atoms with Crippen LogP contribution in [0.15, 0.2) is 29.2 Å². The van der Waals surface area contributed by atoms with Crippen molar-refractivity contribution < 1.29 is 32.3 Å². The highest BCUT2D eigenvalue weighted by Crippen LogP contribution is 2.39. The van der Waals surface area contributed by atoms with Gasteiger partial charge in [-0.15, -0.1) is 0 Å². The highest BCUT2D eigenvalue weighted by Gasteiger charge is 2.40. The minimum atomic E-state index is -3.65. The van der Waals surface area contributed by atoms with Crippen LogP contribution in [0.1, 0.15) is 98.3 Å². The third-order valence-corrected chi connectivity index (χ3v) is 12.0. The van der Waals surface area contributed by atoms with Crippen LogP contribution >= 0.6 is 0 Å². The molecule has 1 amide bonds. The molecule has 3 aliphatic rings. The number of hydrogen-bond acceptors (Lipinski definition) is 8. The summed E-state index contributed by atoms with van der Waals surface area (Å²) in [6.07, 6.45) is 5.00. The highest BCUT2D eigenvalue weighted by molar-refractivity contribution is 7.92. The van der Waals surface area contributed by atoms with E-state index in [1.807, 2.05) is 20.8 Å². The lowest BCUT2D eigenvalue weighted by atomic mass is 9.74. The Morgan fingerprint density at radius 3 is 2.52 bits per heavy atom. The molecule has 0 atom stereocenters. The van der Waals surface area contributed by atoms with Crippen molar-refractivity contribution in [2.75, 3.05) is 26.4 Å². The Balaban J connectivity index is 1.28. The van der Waals surface area contributed by atoms with Gasteiger partial charge < -0.3 is 14.8 Å². The monoisotopic (exact) mass is 627 g/mol. The molecule has 1 aromatic heterocycles. The minimum Gasteiger partial charge on any atom is -0.462 e. The van der Waals surface area contributed by atoms with Gasteiger partial charge in [-0.05, 0) is 82.4 Å².